The summed E-state index contributed by atoms with van der Waals surface area (Å²) in [6.45, 7) is 2.34. The number of azide groups is 1. The van der Waals surface area contributed by atoms with E-state index in [9.17, 15) is 27.9 Å². The molecular weight excluding hydrogens is 413 g/mol. The lowest BCUT2D eigenvalue weighted by atomic mass is 10.1. The number of hydrogen-bond donors (Lipinski definition) is 3. The van der Waals surface area contributed by atoms with Crippen LogP contribution in [-0.4, -0.2) is 66.4 Å². The van der Waals surface area contributed by atoms with Crippen molar-refractivity contribution in [2.45, 2.75) is 31.0 Å². The van der Waals surface area contributed by atoms with Crippen LogP contribution in [0.1, 0.15) is 6.42 Å². The topological polar surface area (TPSA) is 149 Å². The number of hydrogen-bond acceptors (Lipinski definition) is 6. The van der Waals surface area contributed by atoms with Crippen molar-refractivity contribution in [1.29, 1.82) is 0 Å². The summed E-state index contributed by atoms with van der Waals surface area (Å²) < 4.78 is 47.3. The first-order chi connectivity index (χ1) is 14.2. The summed E-state index contributed by atoms with van der Waals surface area (Å²) in [5.41, 5.74) is 8.58. The number of halogens is 3. The maximum Gasteiger partial charge on any atom is 0.471 e. The van der Waals surface area contributed by atoms with Gasteiger partial charge in [-0.3, -0.25) is 9.69 Å². The number of carbonyl (C=O) groups excluding carboxylic acids is 2. The van der Waals surface area contributed by atoms with Crippen LogP contribution in [0.25, 0.3) is 10.4 Å². The molecule has 0 radical (unpaired) electrons. The summed E-state index contributed by atoms with van der Waals surface area (Å²) in [7, 11) is 0. The van der Waals surface area contributed by atoms with E-state index in [1.54, 1.807) is 5.32 Å². The molecule has 2 heterocycles. The predicted octanol–water partition coefficient (Wildman–Crippen LogP) is 0.851. The minimum Gasteiger partial charge on any atom is -0.394 e. The van der Waals surface area contributed by atoms with E-state index in [0.717, 1.165) is 4.90 Å². The highest BCUT2D eigenvalue weighted by Gasteiger charge is 2.41. The maximum atomic E-state index is 12.3. The molecule has 3 atom stereocenters. The quantitative estimate of drug-likeness (QED) is 0.247. The normalized spacial score (nSPS) is 23.7. The molecule has 2 aliphatic heterocycles. The van der Waals surface area contributed by atoms with Gasteiger partial charge in [-0.25, -0.2) is 4.79 Å². The highest BCUT2D eigenvalue weighted by atomic mass is 19.4. The molecular formula is C16H17F3N6O5. The second kappa shape index (κ2) is 9.99. The van der Waals surface area contributed by atoms with Crippen molar-refractivity contribution in [1.82, 2.24) is 15.5 Å². The Morgan fingerprint density at radius 2 is 2.33 bits per heavy atom. The summed E-state index contributed by atoms with van der Waals surface area (Å²) in [4.78, 5) is 26.7. The van der Waals surface area contributed by atoms with Crippen LogP contribution in [0.2, 0.25) is 0 Å². The van der Waals surface area contributed by atoms with Crippen LogP contribution in [0.3, 0.4) is 0 Å². The zero-order valence-corrected chi connectivity index (χ0v) is 15.3. The fraction of sp³-hybridized carbons (Fsp3) is 0.500. The number of allylic oxidation sites excluding steroid dienone is 1. The molecule has 11 nitrogen and oxygen atoms in total. The monoisotopic (exact) mass is 430 g/mol. The second-order valence-electron chi connectivity index (χ2n) is 5.95. The number of amides is 3. The second-order valence-corrected chi connectivity index (χ2v) is 5.95. The predicted molar refractivity (Wildman–Crippen MR) is 93.7 cm³/mol. The summed E-state index contributed by atoms with van der Waals surface area (Å²) in [5, 5.41) is 16.7. The van der Waals surface area contributed by atoms with Crippen LogP contribution in [0.4, 0.5) is 18.0 Å². The lowest BCUT2D eigenvalue weighted by Crippen LogP contribution is -2.46. The number of nitrogens with zero attached hydrogens (tertiary/aromatic N) is 4. The highest BCUT2D eigenvalue weighted by molar-refractivity contribution is 5.82. The first-order valence-electron chi connectivity index (χ1n) is 8.40. The van der Waals surface area contributed by atoms with E-state index in [1.165, 1.54) is 6.20 Å². The molecule has 1 fully saturated rings. The molecule has 0 saturated carbocycles. The fourth-order valence-corrected chi connectivity index (χ4v) is 2.59. The first kappa shape index (κ1) is 23.0. The summed E-state index contributed by atoms with van der Waals surface area (Å²) in [6, 6.07) is -0.603. The van der Waals surface area contributed by atoms with Crippen LogP contribution < -0.4 is 10.6 Å². The Bertz CT molecular complexity index is 843. The van der Waals surface area contributed by atoms with Crippen LogP contribution in [0.5, 0.6) is 0 Å². The van der Waals surface area contributed by atoms with Gasteiger partial charge in [0.15, 0.2) is 0 Å². The minimum atomic E-state index is -5.01. The van der Waals surface area contributed by atoms with Crippen molar-refractivity contribution >= 4 is 11.9 Å². The molecule has 0 aromatic rings. The number of urea groups is 1. The summed E-state index contributed by atoms with van der Waals surface area (Å²) in [6.07, 6.45) is -5.86. The molecule has 0 unspecified atom stereocenters. The molecule has 3 N–H and O–H groups in total. The number of aliphatic hydroxyl groups is 1. The van der Waals surface area contributed by atoms with Crippen molar-refractivity contribution in [2.24, 2.45) is 5.11 Å². The Balaban J connectivity index is 2.07. The molecule has 2 rings (SSSR count). The van der Waals surface area contributed by atoms with E-state index in [0.29, 0.717) is 0 Å². The molecule has 2 aliphatic rings. The van der Waals surface area contributed by atoms with Crippen LogP contribution >= 0.6 is 0 Å². The van der Waals surface area contributed by atoms with Gasteiger partial charge >= 0.3 is 18.1 Å². The van der Waals surface area contributed by atoms with Crippen LogP contribution in [0.15, 0.2) is 29.2 Å². The number of aliphatic hydroxyl groups excluding tert-OH is 1. The lowest BCUT2D eigenvalue weighted by Gasteiger charge is -2.30. The fourth-order valence-electron chi connectivity index (χ4n) is 2.59. The van der Waals surface area contributed by atoms with Gasteiger partial charge < -0.3 is 25.2 Å². The van der Waals surface area contributed by atoms with E-state index in [4.69, 9.17) is 15.0 Å². The van der Waals surface area contributed by atoms with E-state index in [1.807, 2.05) is 0 Å². The van der Waals surface area contributed by atoms with Crippen molar-refractivity contribution < 1.29 is 37.3 Å². The average Bonchev–Trinajstić information content (AvgIpc) is 3.08. The van der Waals surface area contributed by atoms with Gasteiger partial charge in [-0.1, -0.05) is 23.5 Å². The van der Waals surface area contributed by atoms with Gasteiger partial charge in [-0.2, -0.15) is 13.2 Å². The first-order valence-corrected chi connectivity index (χ1v) is 8.40. The number of alkyl halides is 3. The van der Waals surface area contributed by atoms with E-state index >= 15 is 0 Å². The van der Waals surface area contributed by atoms with Crippen LogP contribution in [0, 0.1) is 11.8 Å². The van der Waals surface area contributed by atoms with Gasteiger partial charge in [0.1, 0.15) is 19.1 Å². The van der Waals surface area contributed by atoms with Gasteiger partial charge in [0.05, 0.1) is 30.5 Å². The zero-order valence-electron chi connectivity index (χ0n) is 15.3. The van der Waals surface area contributed by atoms with Crippen LogP contribution in [-0.2, 0) is 14.3 Å². The molecule has 0 aromatic heterocycles. The Labute approximate surface area is 168 Å². The Kier molecular flexibility index (Phi) is 7.67. The minimum absolute atomic E-state index is 0.110. The Hall–Kier alpha value is -3.24. The van der Waals surface area contributed by atoms with Crippen molar-refractivity contribution in [3.05, 3.63) is 34.5 Å². The number of rotatable bonds is 6. The maximum absolute atomic E-state index is 12.3. The van der Waals surface area contributed by atoms with Gasteiger partial charge in [0.2, 0.25) is 0 Å². The summed E-state index contributed by atoms with van der Waals surface area (Å²) >= 11 is 0. The lowest BCUT2D eigenvalue weighted by molar-refractivity contribution is -0.173. The molecule has 0 bridgehead atoms. The molecule has 3 amide bonds. The SMILES string of the molecule is C=C1NC(=O)N([C@H]2C[C@@H](OCN=[N+]=[N-])[C@@H](CO)O2)C=C1C#CCNC(=O)C(F)(F)F. The Morgan fingerprint density at radius 1 is 1.60 bits per heavy atom. The third kappa shape index (κ3) is 5.88. The molecule has 30 heavy (non-hydrogen) atoms. The standard InChI is InChI=1S/C16H17F3N6O5/c1-9-10(3-2-4-21-14(27)16(17,18)19)6-25(15(28)23-9)13-5-11(12(7-26)30-13)29-8-22-24-20/h6,11-13,26H,1,4-5,7-8H2,(H,21,27)(H,23,28)/t11-,12-,13-/m1/s1. The average molecular weight is 430 g/mol. The number of carbonyl (C=O) groups is 2. The van der Waals surface area contributed by atoms with Gasteiger partial charge in [-0.15, -0.1) is 0 Å². The molecule has 0 spiro atoms. The van der Waals surface area contributed by atoms with Gasteiger partial charge in [0.25, 0.3) is 0 Å². The molecule has 1 saturated heterocycles. The van der Waals surface area contributed by atoms with E-state index in [-0.39, 0.29) is 24.4 Å². The van der Waals surface area contributed by atoms with E-state index < -0.39 is 49.7 Å². The van der Waals surface area contributed by atoms with Gasteiger partial charge in [-0.05, 0) is 5.53 Å². The zero-order chi connectivity index (χ0) is 22.3. The number of nitrogens with one attached hydrogen (secondary N) is 2. The molecule has 162 valence electrons. The van der Waals surface area contributed by atoms with E-state index in [2.05, 4.69) is 33.8 Å². The Morgan fingerprint density at radius 3 is 2.97 bits per heavy atom. The molecule has 0 aromatic carbocycles. The summed E-state index contributed by atoms with van der Waals surface area (Å²) in [5.74, 6) is 2.73. The van der Waals surface area contributed by atoms with Gasteiger partial charge in [0, 0.05) is 17.5 Å². The molecule has 0 aliphatic carbocycles. The number of ether oxygens (including phenoxy) is 2. The van der Waals surface area contributed by atoms with Crippen molar-refractivity contribution in [3.8, 4) is 11.8 Å². The highest BCUT2D eigenvalue weighted by Crippen LogP contribution is 2.28. The third-order valence-electron chi connectivity index (χ3n) is 3.98. The van der Waals surface area contributed by atoms with Crippen molar-refractivity contribution in [3.63, 3.8) is 0 Å². The van der Waals surface area contributed by atoms with Crippen molar-refractivity contribution in [2.75, 3.05) is 19.9 Å². The largest absolute Gasteiger partial charge is 0.471 e. The molecule has 14 heteroatoms. The smallest absolute Gasteiger partial charge is 0.394 e. The third-order valence-corrected chi connectivity index (χ3v) is 3.98.